The Morgan fingerprint density at radius 1 is 1.25 bits per heavy atom. The molecule has 102 valence electrons. The standard InChI is InChI=1S/C15H13ClN2OS/c1-8-7-12(20-9(8)2)14-13(15(17)19-18-14)10-5-3-4-6-11(10)16/h3-7H,17H2,1-2H3. The molecule has 0 saturated carbocycles. The Kier molecular flexibility index (Phi) is 3.28. The number of aryl methyl sites for hydroxylation is 2. The van der Waals surface area contributed by atoms with Crippen LogP contribution in [0.1, 0.15) is 10.4 Å². The van der Waals surface area contributed by atoms with E-state index in [-0.39, 0.29) is 5.88 Å². The molecule has 3 nitrogen and oxygen atoms in total. The summed E-state index contributed by atoms with van der Waals surface area (Å²) >= 11 is 7.94. The number of nitrogen functional groups attached to an aromatic ring is 1. The van der Waals surface area contributed by atoms with Gasteiger partial charge in [0, 0.05) is 15.5 Å². The molecule has 0 saturated heterocycles. The monoisotopic (exact) mass is 304 g/mol. The van der Waals surface area contributed by atoms with Crippen LogP contribution >= 0.6 is 22.9 Å². The lowest BCUT2D eigenvalue weighted by atomic mass is 10.0. The molecule has 0 unspecified atom stereocenters. The van der Waals surface area contributed by atoms with Crippen molar-refractivity contribution in [2.24, 2.45) is 0 Å². The fourth-order valence-corrected chi connectivity index (χ4v) is 3.34. The van der Waals surface area contributed by atoms with Gasteiger partial charge in [-0.05, 0) is 31.5 Å². The normalized spacial score (nSPS) is 10.9. The number of hydrogen-bond donors (Lipinski definition) is 1. The molecule has 0 atom stereocenters. The zero-order valence-electron chi connectivity index (χ0n) is 11.1. The van der Waals surface area contributed by atoms with E-state index in [0.717, 1.165) is 21.7 Å². The van der Waals surface area contributed by atoms with Gasteiger partial charge in [0.2, 0.25) is 5.88 Å². The molecule has 1 aromatic carbocycles. The third kappa shape index (κ3) is 2.11. The largest absolute Gasteiger partial charge is 0.367 e. The summed E-state index contributed by atoms with van der Waals surface area (Å²) in [6.45, 7) is 4.16. The first-order chi connectivity index (χ1) is 9.58. The second-order valence-electron chi connectivity index (χ2n) is 4.60. The minimum Gasteiger partial charge on any atom is -0.367 e. The molecule has 0 spiro atoms. The summed E-state index contributed by atoms with van der Waals surface area (Å²) in [4.78, 5) is 2.29. The van der Waals surface area contributed by atoms with Crippen molar-refractivity contribution < 1.29 is 4.52 Å². The van der Waals surface area contributed by atoms with Crippen molar-refractivity contribution in [3.05, 3.63) is 45.8 Å². The molecule has 0 radical (unpaired) electrons. The maximum absolute atomic E-state index is 6.26. The van der Waals surface area contributed by atoms with Crippen molar-refractivity contribution in [2.75, 3.05) is 5.73 Å². The van der Waals surface area contributed by atoms with E-state index in [9.17, 15) is 0 Å². The summed E-state index contributed by atoms with van der Waals surface area (Å²) in [5, 5.41) is 4.74. The van der Waals surface area contributed by atoms with Gasteiger partial charge in [0.05, 0.1) is 10.4 Å². The Morgan fingerprint density at radius 2 is 2.00 bits per heavy atom. The maximum atomic E-state index is 6.26. The van der Waals surface area contributed by atoms with Crippen LogP contribution in [0.15, 0.2) is 34.9 Å². The number of nitrogens with two attached hydrogens (primary N) is 1. The van der Waals surface area contributed by atoms with E-state index in [4.69, 9.17) is 21.9 Å². The molecular formula is C15H13ClN2OS. The zero-order valence-corrected chi connectivity index (χ0v) is 12.7. The van der Waals surface area contributed by atoms with Gasteiger partial charge in [-0.3, -0.25) is 0 Å². The molecule has 0 fully saturated rings. The van der Waals surface area contributed by atoms with Gasteiger partial charge < -0.3 is 10.3 Å². The number of nitrogens with zero attached hydrogens (tertiary/aromatic N) is 1. The van der Waals surface area contributed by atoms with Gasteiger partial charge >= 0.3 is 0 Å². The van der Waals surface area contributed by atoms with E-state index in [2.05, 4.69) is 25.1 Å². The van der Waals surface area contributed by atoms with Crippen molar-refractivity contribution in [2.45, 2.75) is 13.8 Å². The Morgan fingerprint density at radius 3 is 2.65 bits per heavy atom. The molecule has 2 N–H and O–H groups in total. The van der Waals surface area contributed by atoms with Gasteiger partial charge in [-0.25, -0.2) is 0 Å². The maximum Gasteiger partial charge on any atom is 0.230 e. The number of anilines is 1. The van der Waals surface area contributed by atoms with Crippen LogP contribution in [-0.4, -0.2) is 5.16 Å². The smallest absolute Gasteiger partial charge is 0.230 e. The SMILES string of the molecule is Cc1cc(-c2noc(N)c2-c2ccccc2Cl)sc1C. The topological polar surface area (TPSA) is 52.0 Å². The van der Waals surface area contributed by atoms with Crippen molar-refractivity contribution in [1.29, 1.82) is 0 Å². The Balaban J connectivity index is 2.23. The summed E-state index contributed by atoms with van der Waals surface area (Å²) in [7, 11) is 0. The van der Waals surface area contributed by atoms with Crippen LogP contribution in [0, 0.1) is 13.8 Å². The fraction of sp³-hybridized carbons (Fsp3) is 0.133. The van der Waals surface area contributed by atoms with Gasteiger partial charge in [0.1, 0.15) is 5.69 Å². The number of thiophene rings is 1. The third-order valence-electron chi connectivity index (χ3n) is 3.26. The number of aromatic nitrogens is 1. The lowest BCUT2D eigenvalue weighted by Gasteiger charge is -2.03. The summed E-state index contributed by atoms with van der Waals surface area (Å²) in [5.74, 6) is 0.289. The molecule has 5 heteroatoms. The lowest BCUT2D eigenvalue weighted by Crippen LogP contribution is -1.87. The Hall–Kier alpha value is -1.78. The van der Waals surface area contributed by atoms with Crippen LogP contribution in [0.5, 0.6) is 0 Å². The molecule has 2 heterocycles. The predicted molar refractivity (Wildman–Crippen MR) is 84.1 cm³/mol. The molecule has 0 bridgehead atoms. The first-order valence-electron chi connectivity index (χ1n) is 6.15. The van der Waals surface area contributed by atoms with Crippen LogP contribution < -0.4 is 5.73 Å². The van der Waals surface area contributed by atoms with E-state index < -0.39 is 0 Å². The molecule has 0 aliphatic heterocycles. The van der Waals surface area contributed by atoms with Crippen LogP contribution in [0.2, 0.25) is 5.02 Å². The molecular weight excluding hydrogens is 292 g/mol. The van der Waals surface area contributed by atoms with E-state index in [1.165, 1.54) is 10.4 Å². The van der Waals surface area contributed by atoms with Crippen molar-refractivity contribution in [3.63, 3.8) is 0 Å². The quantitative estimate of drug-likeness (QED) is 0.731. The van der Waals surface area contributed by atoms with Gasteiger partial charge in [-0.2, -0.15) is 0 Å². The van der Waals surface area contributed by atoms with E-state index in [0.29, 0.717) is 5.02 Å². The molecule has 2 aromatic heterocycles. The number of rotatable bonds is 2. The number of hydrogen-bond acceptors (Lipinski definition) is 4. The number of benzene rings is 1. The first-order valence-corrected chi connectivity index (χ1v) is 7.35. The second kappa shape index (κ2) is 4.96. The minimum atomic E-state index is 0.289. The van der Waals surface area contributed by atoms with Gasteiger partial charge in [-0.15, -0.1) is 11.3 Å². The highest BCUT2D eigenvalue weighted by atomic mass is 35.5. The van der Waals surface area contributed by atoms with Gasteiger partial charge in [0.25, 0.3) is 0 Å². The minimum absolute atomic E-state index is 0.289. The van der Waals surface area contributed by atoms with E-state index >= 15 is 0 Å². The Labute approximate surface area is 126 Å². The van der Waals surface area contributed by atoms with Crippen LogP contribution in [0.3, 0.4) is 0 Å². The van der Waals surface area contributed by atoms with Crippen molar-refractivity contribution in [3.8, 4) is 21.7 Å². The van der Waals surface area contributed by atoms with Crippen LogP contribution in [0.4, 0.5) is 5.88 Å². The molecule has 0 amide bonds. The van der Waals surface area contributed by atoms with Gasteiger partial charge in [-0.1, -0.05) is 35.0 Å². The molecule has 3 aromatic rings. The summed E-state index contributed by atoms with van der Waals surface area (Å²) in [5.41, 5.74) is 9.52. The molecule has 3 rings (SSSR count). The number of halogens is 1. The van der Waals surface area contributed by atoms with Crippen LogP contribution in [0.25, 0.3) is 21.7 Å². The third-order valence-corrected chi connectivity index (χ3v) is 4.75. The highest BCUT2D eigenvalue weighted by molar-refractivity contribution is 7.15. The zero-order chi connectivity index (χ0) is 14.3. The summed E-state index contributed by atoms with van der Waals surface area (Å²) in [6.07, 6.45) is 0. The molecule has 0 aliphatic carbocycles. The van der Waals surface area contributed by atoms with E-state index in [1.54, 1.807) is 11.3 Å². The predicted octanol–water partition coefficient (Wildman–Crippen LogP) is 4.92. The molecule has 20 heavy (non-hydrogen) atoms. The molecule has 0 aliphatic rings. The van der Waals surface area contributed by atoms with Crippen LogP contribution in [-0.2, 0) is 0 Å². The average Bonchev–Trinajstić information content (AvgIpc) is 2.94. The van der Waals surface area contributed by atoms with Crippen molar-refractivity contribution in [1.82, 2.24) is 5.16 Å². The summed E-state index contributed by atoms with van der Waals surface area (Å²) < 4.78 is 5.18. The highest BCUT2D eigenvalue weighted by Gasteiger charge is 2.20. The highest BCUT2D eigenvalue weighted by Crippen LogP contribution is 2.42. The lowest BCUT2D eigenvalue weighted by molar-refractivity contribution is 0.439. The van der Waals surface area contributed by atoms with Crippen molar-refractivity contribution >= 4 is 28.8 Å². The van der Waals surface area contributed by atoms with E-state index in [1.807, 2.05) is 24.3 Å². The fourth-order valence-electron chi connectivity index (χ4n) is 2.09. The average molecular weight is 305 g/mol. The first kappa shape index (κ1) is 13.2. The summed E-state index contributed by atoms with van der Waals surface area (Å²) in [6, 6.07) is 9.65. The second-order valence-corrected chi connectivity index (χ2v) is 6.26. The Bertz CT molecular complexity index is 757. The van der Waals surface area contributed by atoms with Gasteiger partial charge in [0.15, 0.2) is 0 Å².